The molecule has 0 heterocycles. The van der Waals surface area contributed by atoms with Crippen LogP contribution in [0.15, 0.2) is 0 Å². The molecule has 0 aromatic heterocycles. The lowest BCUT2D eigenvalue weighted by molar-refractivity contribution is -0.147. The molecule has 0 aliphatic carbocycles. The van der Waals surface area contributed by atoms with Crippen molar-refractivity contribution in [3.63, 3.8) is 0 Å². The zero-order valence-corrected chi connectivity index (χ0v) is 8.71. The number of aliphatic carboxylic acids is 1. The van der Waals surface area contributed by atoms with Crippen molar-refractivity contribution in [2.24, 2.45) is 5.41 Å². The van der Waals surface area contributed by atoms with Crippen molar-refractivity contribution in [1.29, 1.82) is 0 Å². The average molecular weight is 188 g/mol. The molecule has 0 aromatic carbocycles. The van der Waals surface area contributed by atoms with Gasteiger partial charge in [0.15, 0.2) is 0 Å². The fourth-order valence-electron chi connectivity index (χ4n) is 1.09. The first-order valence-corrected chi connectivity index (χ1v) is 4.81. The highest BCUT2D eigenvalue weighted by molar-refractivity contribution is 5.73. The topological polar surface area (TPSA) is 57.5 Å². The first kappa shape index (κ1) is 12.4. The van der Waals surface area contributed by atoms with E-state index in [4.69, 9.17) is 5.11 Å². The quantitative estimate of drug-likeness (QED) is 0.670. The van der Waals surface area contributed by atoms with Gasteiger partial charge in [-0.25, -0.2) is 0 Å². The van der Waals surface area contributed by atoms with Crippen molar-refractivity contribution in [1.82, 2.24) is 0 Å². The highest BCUT2D eigenvalue weighted by atomic mass is 16.4. The Morgan fingerprint density at radius 2 is 2.00 bits per heavy atom. The maximum Gasteiger partial charge on any atom is 0.309 e. The molecule has 0 aromatic rings. The fraction of sp³-hybridized carbons (Fsp3) is 0.900. The van der Waals surface area contributed by atoms with Gasteiger partial charge in [0.1, 0.15) is 0 Å². The first-order valence-electron chi connectivity index (χ1n) is 4.81. The molecule has 0 spiro atoms. The Kier molecular flexibility index (Phi) is 4.99. The van der Waals surface area contributed by atoms with Gasteiger partial charge in [-0.2, -0.15) is 0 Å². The Morgan fingerprint density at radius 1 is 1.46 bits per heavy atom. The van der Waals surface area contributed by atoms with Crippen LogP contribution in [0.1, 0.15) is 46.5 Å². The fourth-order valence-corrected chi connectivity index (χ4v) is 1.09. The van der Waals surface area contributed by atoms with Crippen LogP contribution in [-0.4, -0.2) is 22.3 Å². The van der Waals surface area contributed by atoms with Gasteiger partial charge in [-0.05, 0) is 39.5 Å². The Morgan fingerprint density at radius 3 is 2.38 bits per heavy atom. The summed E-state index contributed by atoms with van der Waals surface area (Å²) in [7, 11) is 0. The summed E-state index contributed by atoms with van der Waals surface area (Å²) in [6, 6.07) is 0. The second-order valence-electron chi connectivity index (χ2n) is 4.14. The Balaban J connectivity index is 3.70. The molecule has 1 atom stereocenters. The van der Waals surface area contributed by atoms with Crippen molar-refractivity contribution in [3.8, 4) is 0 Å². The minimum absolute atomic E-state index is 0.274. The van der Waals surface area contributed by atoms with Crippen LogP contribution in [0.25, 0.3) is 0 Å². The van der Waals surface area contributed by atoms with Crippen LogP contribution in [0.4, 0.5) is 0 Å². The van der Waals surface area contributed by atoms with E-state index in [1.165, 1.54) is 0 Å². The summed E-state index contributed by atoms with van der Waals surface area (Å²) in [5, 5.41) is 18.0. The second kappa shape index (κ2) is 5.22. The van der Waals surface area contributed by atoms with Crippen LogP contribution in [0.3, 0.4) is 0 Å². The van der Waals surface area contributed by atoms with Gasteiger partial charge in [0.05, 0.1) is 11.5 Å². The minimum Gasteiger partial charge on any atom is -0.481 e. The van der Waals surface area contributed by atoms with Gasteiger partial charge in [0.2, 0.25) is 0 Å². The lowest BCUT2D eigenvalue weighted by Crippen LogP contribution is -2.23. The number of aliphatic hydroxyl groups is 1. The van der Waals surface area contributed by atoms with Crippen LogP contribution in [0.5, 0.6) is 0 Å². The normalized spacial score (nSPS) is 14.2. The van der Waals surface area contributed by atoms with Gasteiger partial charge in [-0.3, -0.25) is 4.79 Å². The number of hydrogen-bond acceptors (Lipinski definition) is 2. The van der Waals surface area contributed by atoms with E-state index in [9.17, 15) is 9.90 Å². The SMILES string of the molecule is CCC(O)CCCC(C)(C)C(=O)O. The molecule has 0 aliphatic rings. The highest BCUT2D eigenvalue weighted by Gasteiger charge is 2.26. The van der Waals surface area contributed by atoms with Crippen LogP contribution in [-0.2, 0) is 4.79 Å². The molecular weight excluding hydrogens is 168 g/mol. The smallest absolute Gasteiger partial charge is 0.309 e. The van der Waals surface area contributed by atoms with Crippen LogP contribution in [0.2, 0.25) is 0 Å². The number of carboxylic acids is 1. The molecule has 2 N–H and O–H groups in total. The Hall–Kier alpha value is -0.570. The molecule has 0 fully saturated rings. The molecule has 13 heavy (non-hydrogen) atoms. The largest absolute Gasteiger partial charge is 0.481 e. The molecule has 3 nitrogen and oxygen atoms in total. The van der Waals surface area contributed by atoms with Crippen LogP contribution >= 0.6 is 0 Å². The van der Waals surface area contributed by atoms with Gasteiger partial charge in [-0.15, -0.1) is 0 Å². The van der Waals surface area contributed by atoms with Crippen molar-refractivity contribution < 1.29 is 15.0 Å². The standard InChI is InChI=1S/C10H20O3/c1-4-8(11)6-5-7-10(2,3)9(12)13/h8,11H,4-7H2,1-3H3,(H,12,13). The van der Waals surface area contributed by atoms with Gasteiger partial charge in [0, 0.05) is 0 Å². The minimum atomic E-state index is -0.765. The molecule has 0 aliphatic heterocycles. The third kappa shape index (κ3) is 4.88. The molecule has 1 unspecified atom stereocenters. The first-order chi connectivity index (χ1) is 5.90. The predicted molar refractivity (Wildman–Crippen MR) is 51.6 cm³/mol. The number of carbonyl (C=O) groups is 1. The zero-order chi connectivity index (χ0) is 10.5. The lowest BCUT2D eigenvalue weighted by Gasteiger charge is -2.19. The van der Waals surface area contributed by atoms with Gasteiger partial charge >= 0.3 is 5.97 Å². The molecular formula is C10H20O3. The van der Waals surface area contributed by atoms with Crippen molar-refractivity contribution in [2.45, 2.75) is 52.6 Å². The van der Waals surface area contributed by atoms with Crippen LogP contribution < -0.4 is 0 Å². The number of hydrogen-bond donors (Lipinski definition) is 2. The van der Waals surface area contributed by atoms with Gasteiger partial charge < -0.3 is 10.2 Å². The van der Waals surface area contributed by atoms with E-state index in [-0.39, 0.29) is 6.10 Å². The molecule has 3 heteroatoms. The summed E-state index contributed by atoms with van der Waals surface area (Å²) in [4.78, 5) is 10.7. The molecule has 0 rings (SSSR count). The summed E-state index contributed by atoms with van der Waals surface area (Å²) in [5.74, 6) is -0.765. The average Bonchev–Trinajstić information content (AvgIpc) is 2.03. The number of carboxylic acid groups (broad SMARTS) is 1. The van der Waals surface area contributed by atoms with E-state index in [1.54, 1.807) is 13.8 Å². The van der Waals surface area contributed by atoms with E-state index in [0.717, 1.165) is 12.8 Å². The van der Waals surface area contributed by atoms with E-state index in [0.29, 0.717) is 12.8 Å². The predicted octanol–water partition coefficient (Wildman–Crippen LogP) is 2.04. The van der Waals surface area contributed by atoms with Crippen molar-refractivity contribution in [3.05, 3.63) is 0 Å². The maximum atomic E-state index is 10.7. The number of aliphatic hydroxyl groups excluding tert-OH is 1. The molecule has 0 radical (unpaired) electrons. The lowest BCUT2D eigenvalue weighted by atomic mass is 9.87. The summed E-state index contributed by atoms with van der Waals surface area (Å²) in [6.45, 7) is 5.36. The summed E-state index contributed by atoms with van der Waals surface area (Å²) < 4.78 is 0. The highest BCUT2D eigenvalue weighted by Crippen LogP contribution is 2.23. The van der Waals surface area contributed by atoms with E-state index < -0.39 is 11.4 Å². The molecule has 0 saturated carbocycles. The second-order valence-corrected chi connectivity index (χ2v) is 4.14. The van der Waals surface area contributed by atoms with Crippen LogP contribution in [0, 0.1) is 5.41 Å². The van der Waals surface area contributed by atoms with Gasteiger partial charge in [-0.1, -0.05) is 6.92 Å². The zero-order valence-electron chi connectivity index (χ0n) is 8.71. The number of rotatable bonds is 6. The van der Waals surface area contributed by atoms with Crippen molar-refractivity contribution >= 4 is 5.97 Å². The summed E-state index contributed by atoms with van der Waals surface area (Å²) in [6.07, 6.45) is 2.57. The van der Waals surface area contributed by atoms with E-state index in [1.807, 2.05) is 6.92 Å². The van der Waals surface area contributed by atoms with Crippen molar-refractivity contribution in [2.75, 3.05) is 0 Å². The Bertz CT molecular complexity index is 164. The van der Waals surface area contributed by atoms with E-state index in [2.05, 4.69) is 0 Å². The summed E-state index contributed by atoms with van der Waals surface area (Å²) >= 11 is 0. The molecule has 0 bridgehead atoms. The molecule has 78 valence electrons. The Labute approximate surface area is 79.8 Å². The molecule has 0 amide bonds. The molecule has 0 saturated heterocycles. The van der Waals surface area contributed by atoms with Gasteiger partial charge in [0.25, 0.3) is 0 Å². The summed E-state index contributed by atoms with van der Waals surface area (Å²) in [5.41, 5.74) is -0.659. The maximum absolute atomic E-state index is 10.7. The monoisotopic (exact) mass is 188 g/mol. The van der Waals surface area contributed by atoms with E-state index >= 15 is 0 Å². The third-order valence-corrected chi connectivity index (χ3v) is 2.39. The third-order valence-electron chi connectivity index (χ3n) is 2.39.